The van der Waals surface area contributed by atoms with E-state index in [0.717, 1.165) is 28.3 Å². The molecule has 130 valence electrons. The first-order chi connectivity index (χ1) is 11.7. The van der Waals surface area contributed by atoms with Crippen LogP contribution in [0.3, 0.4) is 0 Å². The smallest absolute Gasteiger partial charge is 0.190 e. The lowest BCUT2D eigenvalue weighted by molar-refractivity contribution is 0.415. The third-order valence-electron chi connectivity index (χ3n) is 3.73. The van der Waals surface area contributed by atoms with Crippen molar-refractivity contribution in [3.8, 4) is 17.0 Å². The number of methoxy groups -OCH3 is 1. The highest BCUT2D eigenvalue weighted by Gasteiger charge is 2.12. The third-order valence-corrected chi connectivity index (χ3v) is 4.73. The Morgan fingerprint density at radius 3 is 2.40 bits per heavy atom. The Kier molecular flexibility index (Phi) is 6.79. The molecule has 0 bridgehead atoms. The number of rotatable bonds is 5. The van der Waals surface area contributed by atoms with Crippen molar-refractivity contribution in [1.29, 1.82) is 0 Å². The number of benzene rings is 2. The van der Waals surface area contributed by atoms with Crippen LogP contribution < -0.4 is 9.54 Å². The number of aryl methyl sites for hydroxylation is 1. The highest BCUT2D eigenvalue weighted by atomic mass is 79.9. The predicted octanol–water partition coefficient (Wildman–Crippen LogP) is 5.53. The van der Waals surface area contributed by atoms with Crippen LogP contribution in [-0.4, -0.2) is 11.7 Å². The quantitative estimate of drug-likeness (QED) is 0.502. The van der Waals surface area contributed by atoms with E-state index in [4.69, 9.17) is 9.73 Å². The summed E-state index contributed by atoms with van der Waals surface area (Å²) in [5.74, 6) is 0.857. The number of allylic oxidation sites excluding steroid dienone is 1. The number of ether oxygens (including phenoxy) is 1. The van der Waals surface area contributed by atoms with Gasteiger partial charge in [-0.2, -0.15) is 0 Å². The van der Waals surface area contributed by atoms with E-state index in [0.29, 0.717) is 0 Å². The molecule has 3 nitrogen and oxygen atoms in total. The molecule has 0 radical (unpaired) electrons. The molecule has 0 saturated carbocycles. The Morgan fingerprint density at radius 2 is 1.80 bits per heavy atom. The molecule has 0 amide bonds. The van der Waals surface area contributed by atoms with Crippen LogP contribution >= 0.6 is 28.3 Å². The topological polar surface area (TPSA) is 26.5 Å². The molecular formula is C20H21BrN2OS. The fourth-order valence-electron chi connectivity index (χ4n) is 2.63. The van der Waals surface area contributed by atoms with Gasteiger partial charge in [0, 0.05) is 11.4 Å². The van der Waals surface area contributed by atoms with E-state index in [1.165, 1.54) is 10.6 Å². The molecule has 2 aromatic carbocycles. The lowest BCUT2D eigenvalue weighted by atomic mass is 10.1. The lowest BCUT2D eigenvalue weighted by Gasteiger charge is -2.09. The summed E-state index contributed by atoms with van der Waals surface area (Å²) in [6.07, 6.45) is 1.91. The summed E-state index contributed by atoms with van der Waals surface area (Å²) >= 11 is 1.70. The highest BCUT2D eigenvalue weighted by molar-refractivity contribution is 8.93. The Morgan fingerprint density at radius 1 is 1.12 bits per heavy atom. The number of halogens is 1. The fourth-order valence-corrected chi connectivity index (χ4v) is 3.65. The van der Waals surface area contributed by atoms with Crippen LogP contribution in [0.15, 0.2) is 72.2 Å². The number of aromatic nitrogens is 1. The molecule has 3 rings (SSSR count). The zero-order chi connectivity index (χ0) is 16.9. The summed E-state index contributed by atoms with van der Waals surface area (Å²) in [7, 11) is 1.68. The van der Waals surface area contributed by atoms with Gasteiger partial charge in [-0.05, 0) is 48.9 Å². The van der Waals surface area contributed by atoms with E-state index in [1.54, 1.807) is 18.4 Å². The summed E-state index contributed by atoms with van der Waals surface area (Å²) in [4.78, 5) is 7.02. The van der Waals surface area contributed by atoms with E-state index in [9.17, 15) is 0 Å². The van der Waals surface area contributed by atoms with Gasteiger partial charge in [0.1, 0.15) is 5.75 Å². The average molecular weight is 417 g/mol. The zero-order valence-corrected chi connectivity index (χ0v) is 16.8. The molecule has 0 unspecified atom stereocenters. The third kappa shape index (κ3) is 4.30. The summed E-state index contributed by atoms with van der Waals surface area (Å²) in [5.41, 5.74) is 3.29. The minimum absolute atomic E-state index is 0. The molecule has 3 aromatic rings. The van der Waals surface area contributed by atoms with Gasteiger partial charge in [-0.25, -0.2) is 4.99 Å². The standard InChI is InChI=1S/C20H20N2OS.BrH/c1-4-14-22-19(16-10-12-18(23-3)13-11-16)15(2)24-20(22)21-17-8-6-5-7-9-17;/h4-13H,1,14H2,2-3H3;1H. The van der Waals surface area contributed by atoms with E-state index in [1.807, 2.05) is 48.5 Å². The first-order valence-corrected chi connectivity index (χ1v) is 8.60. The largest absolute Gasteiger partial charge is 0.497 e. The second-order valence-electron chi connectivity index (χ2n) is 5.36. The van der Waals surface area contributed by atoms with E-state index < -0.39 is 0 Å². The second kappa shape index (κ2) is 8.83. The van der Waals surface area contributed by atoms with Crippen molar-refractivity contribution in [1.82, 2.24) is 4.57 Å². The SMILES string of the molecule is Br.C=CCn1c(-c2ccc(OC)cc2)c(C)sc1=Nc1ccccc1. The van der Waals surface area contributed by atoms with Crippen LogP contribution in [-0.2, 0) is 6.54 Å². The fraction of sp³-hybridized carbons (Fsp3) is 0.150. The molecule has 0 aliphatic rings. The monoisotopic (exact) mass is 416 g/mol. The summed E-state index contributed by atoms with van der Waals surface area (Å²) in [5, 5.41) is 0. The van der Waals surface area contributed by atoms with Crippen molar-refractivity contribution in [2.24, 2.45) is 4.99 Å². The molecule has 5 heteroatoms. The maximum Gasteiger partial charge on any atom is 0.190 e. The molecule has 0 saturated heterocycles. The van der Waals surface area contributed by atoms with Gasteiger partial charge < -0.3 is 9.30 Å². The van der Waals surface area contributed by atoms with Gasteiger partial charge in [-0.1, -0.05) is 24.3 Å². The molecule has 0 N–H and O–H groups in total. The number of para-hydroxylation sites is 1. The lowest BCUT2D eigenvalue weighted by Crippen LogP contribution is -2.14. The molecule has 0 fully saturated rings. The van der Waals surface area contributed by atoms with Crippen LogP contribution in [0.4, 0.5) is 5.69 Å². The van der Waals surface area contributed by atoms with Crippen LogP contribution in [0.1, 0.15) is 4.88 Å². The summed E-state index contributed by atoms with van der Waals surface area (Å²) < 4.78 is 7.47. The molecule has 0 atom stereocenters. The predicted molar refractivity (Wildman–Crippen MR) is 111 cm³/mol. The Hall–Kier alpha value is -2.11. The van der Waals surface area contributed by atoms with Crippen molar-refractivity contribution >= 4 is 34.0 Å². The van der Waals surface area contributed by atoms with Crippen molar-refractivity contribution in [2.45, 2.75) is 13.5 Å². The number of nitrogens with zero attached hydrogens (tertiary/aromatic N) is 2. The summed E-state index contributed by atoms with van der Waals surface area (Å²) in [6.45, 7) is 6.75. The first-order valence-electron chi connectivity index (χ1n) is 7.78. The maximum atomic E-state index is 5.26. The molecule has 0 spiro atoms. The number of hydrogen-bond donors (Lipinski definition) is 0. The average Bonchev–Trinajstić information content (AvgIpc) is 2.91. The molecule has 0 aliphatic heterocycles. The maximum absolute atomic E-state index is 5.26. The zero-order valence-electron chi connectivity index (χ0n) is 14.3. The van der Waals surface area contributed by atoms with Crippen molar-refractivity contribution in [2.75, 3.05) is 7.11 Å². The van der Waals surface area contributed by atoms with Crippen molar-refractivity contribution in [3.05, 3.63) is 76.9 Å². The van der Waals surface area contributed by atoms with E-state index in [-0.39, 0.29) is 17.0 Å². The first kappa shape index (κ1) is 19.2. The van der Waals surface area contributed by atoms with Gasteiger partial charge in [-0.3, -0.25) is 0 Å². The number of hydrogen-bond acceptors (Lipinski definition) is 3. The van der Waals surface area contributed by atoms with Gasteiger partial charge in [0.2, 0.25) is 0 Å². The van der Waals surface area contributed by atoms with Crippen molar-refractivity contribution in [3.63, 3.8) is 0 Å². The molecule has 1 aromatic heterocycles. The van der Waals surface area contributed by atoms with E-state index in [2.05, 4.69) is 30.2 Å². The Bertz CT molecular complexity index is 896. The van der Waals surface area contributed by atoms with Gasteiger partial charge in [0.15, 0.2) is 4.80 Å². The molecule has 0 aliphatic carbocycles. The van der Waals surface area contributed by atoms with Crippen LogP contribution in [0, 0.1) is 6.92 Å². The van der Waals surface area contributed by atoms with Crippen LogP contribution in [0.2, 0.25) is 0 Å². The van der Waals surface area contributed by atoms with E-state index >= 15 is 0 Å². The molecule has 1 heterocycles. The van der Waals surface area contributed by atoms with Gasteiger partial charge in [0.05, 0.1) is 18.5 Å². The van der Waals surface area contributed by atoms with Crippen LogP contribution in [0.5, 0.6) is 5.75 Å². The molecule has 25 heavy (non-hydrogen) atoms. The van der Waals surface area contributed by atoms with Crippen LogP contribution in [0.25, 0.3) is 11.3 Å². The summed E-state index contributed by atoms with van der Waals surface area (Å²) in [6, 6.07) is 18.2. The highest BCUT2D eigenvalue weighted by Crippen LogP contribution is 2.27. The Balaban J connectivity index is 0.00000225. The van der Waals surface area contributed by atoms with Gasteiger partial charge in [0.25, 0.3) is 0 Å². The minimum Gasteiger partial charge on any atom is -0.497 e. The second-order valence-corrected chi connectivity index (χ2v) is 6.55. The minimum atomic E-state index is 0. The number of thiazole rings is 1. The van der Waals surface area contributed by atoms with Gasteiger partial charge in [-0.15, -0.1) is 34.9 Å². The molecular weight excluding hydrogens is 396 g/mol. The normalized spacial score (nSPS) is 11.0. The Labute approximate surface area is 162 Å². The van der Waals surface area contributed by atoms with Crippen molar-refractivity contribution < 1.29 is 4.74 Å². The van der Waals surface area contributed by atoms with Gasteiger partial charge >= 0.3 is 0 Å².